The first-order chi connectivity index (χ1) is 12.5. The van der Waals surface area contributed by atoms with E-state index in [1.54, 1.807) is 0 Å². The summed E-state index contributed by atoms with van der Waals surface area (Å²) in [5.74, 6) is 0. The third-order valence-electron chi connectivity index (χ3n) is 5.13. The molecule has 2 aromatic heterocycles. The van der Waals surface area contributed by atoms with E-state index in [1.165, 1.54) is 45.3 Å². The molecular formula is C24H24N2. The minimum atomic E-state index is 1.21. The molecule has 0 aliphatic heterocycles. The highest BCUT2D eigenvalue weighted by molar-refractivity contribution is 5.66. The van der Waals surface area contributed by atoms with Crippen LogP contribution in [0.2, 0.25) is 0 Å². The molecule has 26 heavy (non-hydrogen) atoms. The van der Waals surface area contributed by atoms with E-state index in [-0.39, 0.29) is 0 Å². The van der Waals surface area contributed by atoms with Crippen LogP contribution in [0.3, 0.4) is 0 Å². The number of aryl methyl sites for hydroxylation is 4. The van der Waals surface area contributed by atoms with Crippen molar-refractivity contribution in [3.8, 4) is 22.5 Å². The molecule has 2 heteroatoms. The Morgan fingerprint density at radius 3 is 0.923 bits per heavy atom. The van der Waals surface area contributed by atoms with Crippen LogP contribution in [-0.4, -0.2) is 9.13 Å². The van der Waals surface area contributed by atoms with Crippen molar-refractivity contribution in [2.75, 3.05) is 0 Å². The Morgan fingerprint density at radius 2 is 0.654 bits per heavy atom. The van der Waals surface area contributed by atoms with E-state index in [1.807, 2.05) is 0 Å². The molecule has 0 aliphatic carbocycles. The summed E-state index contributed by atoms with van der Waals surface area (Å²) in [6, 6.07) is 26.2. The quantitative estimate of drug-likeness (QED) is 0.422. The number of hydrogen-bond donors (Lipinski definition) is 0. The van der Waals surface area contributed by atoms with Gasteiger partial charge in [0.05, 0.1) is 0 Å². The van der Waals surface area contributed by atoms with E-state index in [4.69, 9.17) is 0 Å². The number of rotatable bonds is 3. The molecule has 2 heterocycles. The minimum absolute atomic E-state index is 1.21. The zero-order valence-corrected chi connectivity index (χ0v) is 15.8. The third-order valence-corrected chi connectivity index (χ3v) is 5.13. The van der Waals surface area contributed by atoms with Gasteiger partial charge in [0, 0.05) is 34.2 Å². The Bertz CT molecular complexity index is 918. The lowest BCUT2D eigenvalue weighted by atomic mass is 10.0. The second kappa shape index (κ2) is 6.38. The summed E-state index contributed by atoms with van der Waals surface area (Å²) >= 11 is 0. The van der Waals surface area contributed by atoms with Crippen LogP contribution in [0.4, 0.5) is 0 Å². The lowest BCUT2D eigenvalue weighted by Gasteiger charge is -2.12. The molecule has 0 bridgehead atoms. The van der Waals surface area contributed by atoms with Crippen LogP contribution in [-0.2, 0) is 0 Å². The molecule has 0 N–H and O–H groups in total. The fourth-order valence-corrected chi connectivity index (χ4v) is 3.76. The fourth-order valence-electron chi connectivity index (χ4n) is 3.76. The zero-order chi connectivity index (χ0) is 18.3. The standard InChI is InChI=1S/C24H24N2/c1-17-5-6-18(2)25(17)23-13-9-21(10-14-23)22-11-15-24(16-12-22)26-19(3)7-8-20(26)4/h5-16H,1-4H3. The Labute approximate surface area is 155 Å². The summed E-state index contributed by atoms with van der Waals surface area (Å²) in [6.07, 6.45) is 0. The number of hydrogen-bond acceptors (Lipinski definition) is 0. The van der Waals surface area contributed by atoms with Gasteiger partial charge in [-0.05, 0) is 87.4 Å². The van der Waals surface area contributed by atoms with Crippen LogP contribution in [0.15, 0.2) is 72.8 Å². The predicted molar refractivity (Wildman–Crippen MR) is 109 cm³/mol. The van der Waals surface area contributed by atoms with Crippen LogP contribution in [0.25, 0.3) is 22.5 Å². The van der Waals surface area contributed by atoms with Crippen molar-refractivity contribution < 1.29 is 0 Å². The predicted octanol–water partition coefficient (Wildman–Crippen LogP) is 6.17. The smallest absolute Gasteiger partial charge is 0.0455 e. The van der Waals surface area contributed by atoms with Gasteiger partial charge < -0.3 is 9.13 Å². The molecule has 4 aromatic rings. The second-order valence-electron chi connectivity index (χ2n) is 7.00. The van der Waals surface area contributed by atoms with Gasteiger partial charge in [-0.25, -0.2) is 0 Å². The van der Waals surface area contributed by atoms with Gasteiger partial charge in [0.15, 0.2) is 0 Å². The highest BCUT2D eigenvalue weighted by Gasteiger charge is 2.06. The van der Waals surface area contributed by atoms with Crippen LogP contribution in [0, 0.1) is 27.7 Å². The van der Waals surface area contributed by atoms with Gasteiger partial charge in [-0.2, -0.15) is 0 Å². The molecule has 0 radical (unpaired) electrons. The molecule has 4 rings (SSSR count). The van der Waals surface area contributed by atoms with E-state index < -0.39 is 0 Å². The first kappa shape index (κ1) is 16.5. The Balaban J connectivity index is 1.64. The van der Waals surface area contributed by atoms with Gasteiger partial charge in [0.25, 0.3) is 0 Å². The molecule has 0 saturated carbocycles. The summed E-state index contributed by atoms with van der Waals surface area (Å²) in [7, 11) is 0. The van der Waals surface area contributed by atoms with Crippen LogP contribution in [0.1, 0.15) is 22.8 Å². The third kappa shape index (κ3) is 2.78. The minimum Gasteiger partial charge on any atom is -0.319 e. The van der Waals surface area contributed by atoms with Crippen LogP contribution in [0.5, 0.6) is 0 Å². The molecule has 0 aliphatic rings. The molecule has 2 aromatic carbocycles. The van der Waals surface area contributed by atoms with E-state index in [2.05, 4.69) is 110 Å². The van der Waals surface area contributed by atoms with Gasteiger partial charge >= 0.3 is 0 Å². The van der Waals surface area contributed by atoms with Gasteiger partial charge in [-0.1, -0.05) is 24.3 Å². The van der Waals surface area contributed by atoms with E-state index in [0.717, 1.165) is 0 Å². The van der Waals surface area contributed by atoms with Crippen molar-refractivity contribution in [1.82, 2.24) is 9.13 Å². The van der Waals surface area contributed by atoms with Crippen LogP contribution >= 0.6 is 0 Å². The molecule has 0 atom stereocenters. The van der Waals surface area contributed by atoms with E-state index in [0.29, 0.717) is 0 Å². The Morgan fingerprint density at radius 1 is 0.385 bits per heavy atom. The highest BCUT2D eigenvalue weighted by Crippen LogP contribution is 2.25. The molecular weight excluding hydrogens is 316 g/mol. The summed E-state index contributed by atoms with van der Waals surface area (Å²) in [6.45, 7) is 8.57. The molecule has 0 saturated heterocycles. The topological polar surface area (TPSA) is 9.86 Å². The summed E-state index contributed by atoms with van der Waals surface area (Å²) < 4.78 is 4.56. The number of benzene rings is 2. The summed E-state index contributed by atoms with van der Waals surface area (Å²) in [5.41, 5.74) is 9.95. The van der Waals surface area contributed by atoms with Crippen molar-refractivity contribution in [2.24, 2.45) is 0 Å². The lowest BCUT2D eigenvalue weighted by Crippen LogP contribution is -1.99. The SMILES string of the molecule is Cc1ccc(C)n1-c1ccc(-c2ccc(-n3c(C)ccc3C)cc2)cc1. The normalized spacial score (nSPS) is 11.1. The van der Waals surface area contributed by atoms with Gasteiger partial charge in [0.2, 0.25) is 0 Å². The van der Waals surface area contributed by atoms with E-state index >= 15 is 0 Å². The first-order valence-electron chi connectivity index (χ1n) is 9.06. The summed E-state index contributed by atoms with van der Waals surface area (Å²) in [4.78, 5) is 0. The molecule has 0 spiro atoms. The zero-order valence-electron chi connectivity index (χ0n) is 15.8. The fraction of sp³-hybridized carbons (Fsp3) is 0.167. The van der Waals surface area contributed by atoms with Crippen molar-refractivity contribution in [3.63, 3.8) is 0 Å². The molecule has 0 amide bonds. The highest BCUT2D eigenvalue weighted by atomic mass is 15.0. The monoisotopic (exact) mass is 340 g/mol. The maximum absolute atomic E-state index is 2.28. The molecule has 0 fully saturated rings. The van der Waals surface area contributed by atoms with Crippen molar-refractivity contribution >= 4 is 0 Å². The maximum atomic E-state index is 2.28. The van der Waals surface area contributed by atoms with Crippen molar-refractivity contribution in [2.45, 2.75) is 27.7 Å². The average molecular weight is 340 g/mol. The Kier molecular flexibility index (Phi) is 4.04. The molecule has 2 nitrogen and oxygen atoms in total. The number of aromatic nitrogens is 2. The van der Waals surface area contributed by atoms with Gasteiger partial charge in [-0.3, -0.25) is 0 Å². The molecule has 130 valence electrons. The van der Waals surface area contributed by atoms with Gasteiger partial charge in [0.1, 0.15) is 0 Å². The lowest BCUT2D eigenvalue weighted by molar-refractivity contribution is 0.965. The second-order valence-corrected chi connectivity index (χ2v) is 7.00. The summed E-state index contributed by atoms with van der Waals surface area (Å²) in [5, 5.41) is 0. The van der Waals surface area contributed by atoms with Crippen molar-refractivity contribution in [3.05, 3.63) is 95.6 Å². The first-order valence-corrected chi connectivity index (χ1v) is 9.06. The number of nitrogens with zero attached hydrogens (tertiary/aromatic N) is 2. The van der Waals surface area contributed by atoms with Crippen LogP contribution < -0.4 is 0 Å². The average Bonchev–Trinajstić information content (AvgIpc) is 3.16. The maximum Gasteiger partial charge on any atom is 0.0455 e. The Hall–Kier alpha value is -3.00. The largest absolute Gasteiger partial charge is 0.319 e. The van der Waals surface area contributed by atoms with E-state index in [9.17, 15) is 0 Å². The van der Waals surface area contributed by atoms with Gasteiger partial charge in [-0.15, -0.1) is 0 Å². The van der Waals surface area contributed by atoms with Crippen molar-refractivity contribution in [1.29, 1.82) is 0 Å². The molecule has 0 unspecified atom stereocenters.